The summed E-state index contributed by atoms with van der Waals surface area (Å²) in [5.74, 6) is 0.143. The molecule has 0 spiro atoms. The fourth-order valence-electron chi connectivity index (χ4n) is 3.20. The van der Waals surface area contributed by atoms with Gasteiger partial charge in [0.25, 0.3) is 0 Å². The summed E-state index contributed by atoms with van der Waals surface area (Å²) in [5.41, 5.74) is 0. The second-order valence-corrected chi connectivity index (χ2v) is 7.92. The van der Waals surface area contributed by atoms with Crippen LogP contribution in [0.2, 0.25) is 0 Å². The summed E-state index contributed by atoms with van der Waals surface area (Å²) in [5, 5.41) is 1.54. The van der Waals surface area contributed by atoms with Crippen LogP contribution in [-0.4, -0.2) is 43.2 Å². The van der Waals surface area contributed by atoms with Crippen LogP contribution >= 0.6 is 11.6 Å². The van der Waals surface area contributed by atoms with E-state index in [1.807, 2.05) is 12.1 Å². The van der Waals surface area contributed by atoms with Gasteiger partial charge in [-0.2, -0.15) is 0 Å². The van der Waals surface area contributed by atoms with Gasteiger partial charge in [0.15, 0.2) is 6.10 Å². The lowest BCUT2D eigenvalue weighted by molar-refractivity contribution is -0.159. The number of carbonyl (C=O) groups is 2. The summed E-state index contributed by atoms with van der Waals surface area (Å²) < 4.78 is 22.8. The molecule has 0 aromatic heterocycles. The van der Waals surface area contributed by atoms with Gasteiger partial charge >= 0.3 is 11.9 Å². The van der Waals surface area contributed by atoms with Gasteiger partial charge in [-0.25, -0.2) is 4.79 Å². The number of rotatable bonds is 14. The Hall–Kier alpha value is -2.15. The number of benzene rings is 2. The highest BCUT2D eigenvalue weighted by Gasteiger charge is 2.31. The number of halogens is 1. The number of hydrogen-bond acceptors (Lipinski definition) is 6. The zero-order valence-corrected chi connectivity index (χ0v) is 19.9. The van der Waals surface area contributed by atoms with Crippen molar-refractivity contribution in [2.24, 2.45) is 0 Å². The molecule has 0 saturated heterocycles. The first-order valence-corrected chi connectivity index (χ1v) is 11.8. The molecular formula is C25H33ClO6. The van der Waals surface area contributed by atoms with E-state index in [4.69, 9.17) is 30.5 Å². The molecule has 0 saturated carbocycles. The minimum Gasteiger partial charge on any atom is -0.426 e. The van der Waals surface area contributed by atoms with Crippen LogP contribution in [0.1, 0.15) is 52.9 Å². The van der Waals surface area contributed by atoms with Crippen molar-refractivity contribution in [3.05, 3.63) is 36.4 Å². The van der Waals surface area contributed by atoms with E-state index in [0.717, 1.165) is 31.1 Å². The topological polar surface area (TPSA) is 71.1 Å². The number of esters is 2. The summed E-state index contributed by atoms with van der Waals surface area (Å²) in [6.07, 6.45) is 2.76. The van der Waals surface area contributed by atoms with Gasteiger partial charge in [-0.05, 0) is 42.8 Å². The summed E-state index contributed by atoms with van der Waals surface area (Å²) in [6.45, 7) is 6.44. The lowest BCUT2D eigenvalue weighted by Gasteiger charge is -2.25. The predicted molar refractivity (Wildman–Crippen MR) is 126 cm³/mol. The number of alkyl halides is 1. The largest absolute Gasteiger partial charge is 0.426 e. The highest BCUT2D eigenvalue weighted by molar-refractivity contribution is 6.17. The maximum atomic E-state index is 13.1. The maximum Gasteiger partial charge on any atom is 0.343 e. The first-order valence-electron chi connectivity index (χ1n) is 11.2. The molecule has 0 amide bonds. The number of hydrogen-bond donors (Lipinski definition) is 0. The quantitative estimate of drug-likeness (QED) is 0.155. The number of unbranched alkanes of at least 4 members (excludes halogenated alkanes) is 2. The summed E-state index contributed by atoms with van der Waals surface area (Å²) in [6, 6.07) is 10.6. The molecule has 2 rings (SSSR count). The van der Waals surface area contributed by atoms with Gasteiger partial charge in [0.2, 0.25) is 0 Å². The molecule has 0 fully saturated rings. The predicted octanol–water partition coefficient (Wildman–Crippen LogP) is 5.67. The summed E-state index contributed by atoms with van der Waals surface area (Å²) in [7, 11) is 0. The van der Waals surface area contributed by atoms with Crippen molar-refractivity contribution in [2.75, 3.05) is 19.1 Å². The summed E-state index contributed by atoms with van der Waals surface area (Å²) >= 11 is 5.97. The standard InChI is InChI=1S/C25H33ClO6/c1-4-6-15-29-23(13-14-26)24(30-16-7-5-2)25(28)32-20-12-11-19-9-8-10-22(21(19)17-20)31-18(3)27/h8-12,17,23-24H,4-7,13-16H2,1-3H3. The molecule has 7 heteroatoms. The Morgan fingerprint density at radius 3 is 2.34 bits per heavy atom. The molecule has 2 atom stereocenters. The van der Waals surface area contributed by atoms with Crippen molar-refractivity contribution in [1.82, 2.24) is 0 Å². The first kappa shape index (κ1) is 26.1. The molecule has 6 nitrogen and oxygen atoms in total. The van der Waals surface area contributed by atoms with Crippen molar-refractivity contribution in [2.45, 2.75) is 65.1 Å². The molecule has 0 radical (unpaired) electrons. The number of ether oxygens (including phenoxy) is 4. The van der Waals surface area contributed by atoms with Crippen LogP contribution in [0.15, 0.2) is 36.4 Å². The van der Waals surface area contributed by atoms with E-state index in [-0.39, 0.29) is 0 Å². The minimum atomic E-state index is -0.878. The van der Waals surface area contributed by atoms with Crippen molar-refractivity contribution < 1.29 is 28.5 Å². The Morgan fingerprint density at radius 1 is 0.969 bits per heavy atom. The molecule has 32 heavy (non-hydrogen) atoms. The maximum absolute atomic E-state index is 13.1. The zero-order valence-electron chi connectivity index (χ0n) is 19.1. The van der Waals surface area contributed by atoms with E-state index in [0.29, 0.717) is 42.4 Å². The fourth-order valence-corrected chi connectivity index (χ4v) is 3.41. The Balaban J connectivity index is 2.24. The second-order valence-electron chi connectivity index (χ2n) is 7.54. The first-order chi connectivity index (χ1) is 15.5. The van der Waals surface area contributed by atoms with E-state index < -0.39 is 24.1 Å². The average molecular weight is 465 g/mol. The van der Waals surface area contributed by atoms with Crippen molar-refractivity contribution >= 4 is 34.3 Å². The van der Waals surface area contributed by atoms with Crippen molar-refractivity contribution in [3.63, 3.8) is 0 Å². The molecule has 2 aromatic carbocycles. The van der Waals surface area contributed by atoms with Gasteiger partial charge in [-0.3, -0.25) is 4.79 Å². The van der Waals surface area contributed by atoms with Gasteiger partial charge in [0.05, 0.1) is 6.10 Å². The SMILES string of the molecule is CCCCOC(CCCl)C(OCCCC)C(=O)Oc1ccc2cccc(OC(C)=O)c2c1. The van der Waals surface area contributed by atoms with Crippen LogP contribution in [0.4, 0.5) is 0 Å². The fraction of sp³-hybridized carbons (Fsp3) is 0.520. The lowest BCUT2D eigenvalue weighted by Crippen LogP contribution is -2.41. The van der Waals surface area contributed by atoms with Crippen LogP contribution in [0, 0.1) is 0 Å². The van der Waals surface area contributed by atoms with Gasteiger partial charge in [0.1, 0.15) is 11.5 Å². The van der Waals surface area contributed by atoms with E-state index >= 15 is 0 Å². The van der Waals surface area contributed by atoms with Crippen LogP contribution in [0.25, 0.3) is 10.8 Å². The van der Waals surface area contributed by atoms with Crippen LogP contribution in [0.5, 0.6) is 11.5 Å². The molecular weight excluding hydrogens is 432 g/mol. The van der Waals surface area contributed by atoms with Gasteiger partial charge in [-0.1, -0.05) is 44.9 Å². The van der Waals surface area contributed by atoms with Gasteiger partial charge in [0, 0.05) is 31.4 Å². The lowest BCUT2D eigenvalue weighted by atomic mass is 10.1. The van der Waals surface area contributed by atoms with E-state index in [2.05, 4.69) is 13.8 Å². The number of fused-ring (bicyclic) bond motifs is 1. The Labute approximate surface area is 195 Å². The Bertz CT molecular complexity index is 869. The third-order valence-corrected chi connectivity index (χ3v) is 5.09. The zero-order chi connectivity index (χ0) is 23.3. The van der Waals surface area contributed by atoms with Crippen LogP contribution < -0.4 is 9.47 Å². The number of carbonyl (C=O) groups excluding carboxylic acids is 2. The average Bonchev–Trinajstić information content (AvgIpc) is 2.76. The molecule has 0 N–H and O–H groups in total. The molecule has 0 aliphatic heterocycles. The van der Waals surface area contributed by atoms with Crippen molar-refractivity contribution in [3.8, 4) is 11.5 Å². The van der Waals surface area contributed by atoms with Gasteiger partial charge < -0.3 is 18.9 Å². The van der Waals surface area contributed by atoms with E-state index in [9.17, 15) is 9.59 Å². The smallest absolute Gasteiger partial charge is 0.343 e. The monoisotopic (exact) mass is 464 g/mol. The molecule has 176 valence electrons. The van der Waals surface area contributed by atoms with Crippen molar-refractivity contribution in [1.29, 1.82) is 0 Å². The van der Waals surface area contributed by atoms with Gasteiger partial charge in [-0.15, -0.1) is 11.6 Å². The normalized spacial score (nSPS) is 13.0. The molecule has 0 heterocycles. The molecule has 2 aromatic rings. The molecule has 0 bridgehead atoms. The highest BCUT2D eigenvalue weighted by Crippen LogP contribution is 2.30. The van der Waals surface area contributed by atoms with Crippen LogP contribution in [0.3, 0.4) is 0 Å². The highest BCUT2D eigenvalue weighted by atomic mass is 35.5. The molecule has 0 aliphatic rings. The third kappa shape index (κ3) is 8.08. The van der Waals surface area contributed by atoms with E-state index in [1.165, 1.54) is 6.92 Å². The third-order valence-electron chi connectivity index (χ3n) is 4.87. The Kier molecular flexibility index (Phi) is 11.5. The molecule has 2 unspecified atom stereocenters. The molecule has 0 aliphatic carbocycles. The second kappa shape index (κ2) is 14.1. The van der Waals surface area contributed by atoms with Crippen LogP contribution in [-0.2, 0) is 19.1 Å². The summed E-state index contributed by atoms with van der Waals surface area (Å²) in [4.78, 5) is 24.5. The van der Waals surface area contributed by atoms with E-state index in [1.54, 1.807) is 24.3 Å². The minimum absolute atomic E-state index is 0.337. The Morgan fingerprint density at radius 2 is 1.69 bits per heavy atom.